The number of hydrogen-bond acceptors (Lipinski definition) is 1. The van der Waals surface area contributed by atoms with Crippen molar-refractivity contribution in [3.63, 3.8) is 0 Å². The van der Waals surface area contributed by atoms with Gasteiger partial charge in [0.25, 0.3) is 0 Å². The summed E-state index contributed by atoms with van der Waals surface area (Å²) in [4.78, 5) is 0. The van der Waals surface area contributed by atoms with E-state index in [9.17, 15) is 0 Å². The maximum Gasteiger partial charge on any atom is 0.0150 e. The lowest BCUT2D eigenvalue weighted by Crippen LogP contribution is -2.34. The number of unbranched alkanes of at least 4 members (excludes halogenated alkanes) is 2. The fraction of sp³-hybridized carbons (Fsp3) is 1.00. The van der Waals surface area contributed by atoms with Crippen molar-refractivity contribution in [3.8, 4) is 0 Å². The third-order valence-corrected chi connectivity index (χ3v) is 3.78. The Morgan fingerprint density at radius 3 is 1.83 bits per heavy atom. The SMILES string of the molecule is CCCCCC(C)(S)C(C)(C)C. The normalized spacial score (nSPS) is 17.5. The molecule has 0 aromatic carbocycles. The van der Waals surface area contributed by atoms with E-state index in [1.165, 1.54) is 25.7 Å². The van der Waals surface area contributed by atoms with Crippen LogP contribution in [0.3, 0.4) is 0 Å². The molecule has 0 saturated heterocycles. The molecule has 12 heavy (non-hydrogen) atoms. The predicted octanol–water partition coefficient (Wildman–Crippen LogP) is 4.30. The van der Waals surface area contributed by atoms with E-state index in [0.29, 0.717) is 5.41 Å². The zero-order valence-electron chi connectivity index (χ0n) is 9.28. The van der Waals surface area contributed by atoms with Crippen LogP contribution in [-0.4, -0.2) is 4.75 Å². The molecule has 1 unspecified atom stereocenters. The molecule has 0 nitrogen and oxygen atoms in total. The zero-order valence-corrected chi connectivity index (χ0v) is 10.2. The van der Waals surface area contributed by atoms with Crippen LogP contribution in [0.15, 0.2) is 0 Å². The average Bonchev–Trinajstić information content (AvgIpc) is 1.85. The highest BCUT2D eigenvalue weighted by molar-refractivity contribution is 7.81. The highest BCUT2D eigenvalue weighted by Gasteiger charge is 2.32. The lowest BCUT2D eigenvalue weighted by Gasteiger charge is -2.38. The monoisotopic (exact) mass is 188 g/mol. The van der Waals surface area contributed by atoms with E-state index in [-0.39, 0.29) is 4.75 Å². The molecule has 74 valence electrons. The molecule has 0 radical (unpaired) electrons. The fourth-order valence-corrected chi connectivity index (χ4v) is 1.25. The standard InChI is InChI=1S/C11H24S/c1-6-7-8-9-11(5,12)10(2,3)4/h12H,6-9H2,1-5H3. The number of hydrogen-bond donors (Lipinski definition) is 1. The average molecular weight is 188 g/mol. The fourth-order valence-electron chi connectivity index (χ4n) is 1.09. The van der Waals surface area contributed by atoms with Crippen molar-refractivity contribution < 1.29 is 0 Å². The summed E-state index contributed by atoms with van der Waals surface area (Å²) >= 11 is 4.74. The van der Waals surface area contributed by atoms with E-state index < -0.39 is 0 Å². The van der Waals surface area contributed by atoms with Crippen LogP contribution in [0.25, 0.3) is 0 Å². The van der Waals surface area contributed by atoms with Crippen LogP contribution in [0.1, 0.15) is 60.3 Å². The molecule has 0 heterocycles. The molecular formula is C11H24S. The van der Waals surface area contributed by atoms with Gasteiger partial charge in [0.05, 0.1) is 0 Å². The van der Waals surface area contributed by atoms with Crippen molar-refractivity contribution in [2.24, 2.45) is 5.41 Å². The summed E-state index contributed by atoms with van der Waals surface area (Å²) in [6, 6.07) is 0. The van der Waals surface area contributed by atoms with Gasteiger partial charge < -0.3 is 0 Å². The lowest BCUT2D eigenvalue weighted by atomic mass is 9.78. The van der Waals surface area contributed by atoms with Gasteiger partial charge in [0, 0.05) is 4.75 Å². The second-order valence-corrected chi connectivity index (χ2v) is 5.97. The predicted molar refractivity (Wildman–Crippen MR) is 61.0 cm³/mol. The van der Waals surface area contributed by atoms with E-state index in [1.807, 2.05) is 0 Å². The van der Waals surface area contributed by atoms with Crippen LogP contribution in [0.2, 0.25) is 0 Å². The van der Waals surface area contributed by atoms with Gasteiger partial charge in [0.1, 0.15) is 0 Å². The first kappa shape index (κ1) is 12.3. The summed E-state index contributed by atoms with van der Waals surface area (Å²) in [5.41, 5.74) is 0.309. The summed E-state index contributed by atoms with van der Waals surface area (Å²) in [6.45, 7) is 11.3. The van der Waals surface area contributed by atoms with Crippen molar-refractivity contribution in [1.82, 2.24) is 0 Å². The molecule has 0 amide bonds. The third-order valence-electron chi connectivity index (χ3n) is 2.88. The smallest absolute Gasteiger partial charge is 0.0150 e. The molecule has 0 bridgehead atoms. The molecule has 0 N–H and O–H groups in total. The molecule has 0 aromatic heterocycles. The molecule has 0 aliphatic rings. The van der Waals surface area contributed by atoms with E-state index in [1.54, 1.807) is 0 Å². The summed E-state index contributed by atoms with van der Waals surface area (Å²) in [5.74, 6) is 0. The minimum Gasteiger partial charge on any atom is -0.172 e. The van der Waals surface area contributed by atoms with Gasteiger partial charge in [0.2, 0.25) is 0 Å². The van der Waals surface area contributed by atoms with Crippen LogP contribution >= 0.6 is 12.6 Å². The van der Waals surface area contributed by atoms with Crippen molar-refractivity contribution in [2.75, 3.05) is 0 Å². The maximum atomic E-state index is 4.74. The quantitative estimate of drug-likeness (QED) is 0.493. The van der Waals surface area contributed by atoms with Crippen molar-refractivity contribution >= 4 is 12.6 Å². The van der Waals surface area contributed by atoms with E-state index in [0.717, 1.165) is 0 Å². The third kappa shape index (κ3) is 3.84. The van der Waals surface area contributed by atoms with Crippen molar-refractivity contribution in [1.29, 1.82) is 0 Å². The van der Waals surface area contributed by atoms with Crippen molar-refractivity contribution in [3.05, 3.63) is 0 Å². The Morgan fingerprint density at radius 1 is 1.00 bits per heavy atom. The molecule has 0 fully saturated rings. The van der Waals surface area contributed by atoms with Gasteiger partial charge in [-0.25, -0.2) is 0 Å². The van der Waals surface area contributed by atoms with Gasteiger partial charge in [-0.15, -0.1) is 0 Å². The number of thiol groups is 1. The van der Waals surface area contributed by atoms with E-state index in [4.69, 9.17) is 12.6 Å². The van der Waals surface area contributed by atoms with Crippen LogP contribution in [-0.2, 0) is 0 Å². The van der Waals surface area contributed by atoms with E-state index >= 15 is 0 Å². The molecule has 1 atom stereocenters. The zero-order chi connectivity index (χ0) is 9.83. The van der Waals surface area contributed by atoms with E-state index in [2.05, 4.69) is 34.6 Å². The van der Waals surface area contributed by atoms with Crippen LogP contribution < -0.4 is 0 Å². The summed E-state index contributed by atoms with van der Waals surface area (Å²) in [6.07, 6.45) is 5.18. The second-order valence-electron chi connectivity index (χ2n) is 4.98. The molecule has 0 rings (SSSR count). The minimum absolute atomic E-state index is 0.183. The van der Waals surface area contributed by atoms with Gasteiger partial charge in [-0.1, -0.05) is 53.9 Å². The Bertz CT molecular complexity index is 119. The van der Waals surface area contributed by atoms with Gasteiger partial charge >= 0.3 is 0 Å². The second kappa shape index (κ2) is 4.55. The molecule has 0 aromatic rings. The molecule has 0 aliphatic heterocycles. The molecule has 0 saturated carbocycles. The summed E-state index contributed by atoms with van der Waals surface area (Å²) in [5, 5.41) is 0. The first-order chi connectivity index (χ1) is 5.31. The minimum atomic E-state index is 0.183. The Labute approximate surface area is 83.5 Å². The largest absolute Gasteiger partial charge is 0.172 e. The first-order valence-electron chi connectivity index (χ1n) is 5.03. The van der Waals surface area contributed by atoms with Crippen LogP contribution in [0, 0.1) is 5.41 Å². The van der Waals surface area contributed by atoms with Gasteiger partial charge in [-0.05, 0) is 11.8 Å². The molecule has 1 heteroatoms. The highest BCUT2D eigenvalue weighted by atomic mass is 32.1. The highest BCUT2D eigenvalue weighted by Crippen LogP contribution is 2.39. The first-order valence-corrected chi connectivity index (χ1v) is 5.48. The van der Waals surface area contributed by atoms with Crippen LogP contribution in [0.4, 0.5) is 0 Å². The maximum absolute atomic E-state index is 4.74. The molecular weight excluding hydrogens is 164 g/mol. The molecule has 0 spiro atoms. The van der Waals surface area contributed by atoms with Crippen molar-refractivity contribution in [2.45, 2.75) is 65.0 Å². The van der Waals surface area contributed by atoms with Gasteiger partial charge in [-0.3, -0.25) is 0 Å². The Balaban J connectivity index is 3.88. The summed E-state index contributed by atoms with van der Waals surface area (Å²) in [7, 11) is 0. The Morgan fingerprint density at radius 2 is 1.50 bits per heavy atom. The Kier molecular flexibility index (Phi) is 4.68. The summed E-state index contributed by atoms with van der Waals surface area (Å²) < 4.78 is 0.183. The van der Waals surface area contributed by atoms with Gasteiger partial charge in [-0.2, -0.15) is 12.6 Å². The van der Waals surface area contributed by atoms with Gasteiger partial charge in [0.15, 0.2) is 0 Å². The topological polar surface area (TPSA) is 0 Å². The van der Waals surface area contributed by atoms with Crippen LogP contribution in [0.5, 0.6) is 0 Å². The number of rotatable bonds is 4. The molecule has 0 aliphatic carbocycles. The lowest BCUT2D eigenvalue weighted by molar-refractivity contribution is 0.281. The Hall–Kier alpha value is 0.350.